The van der Waals surface area contributed by atoms with Crippen LogP contribution >= 0.6 is 0 Å². The van der Waals surface area contributed by atoms with Crippen LogP contribution in [0.25, 0.3) is 0 Å². The monoisotopic (exact) mass is 410 g/mol. The summed E-state index contributed by atoms with van der Waals surface area (Å²) in [4.78, 5) is 2.35. The molecule has 2 N–H and O–H groups in total. The first-order valence-corrected chi connectivity index (χ1v) is 10.8. The van der Waals surface area contributed by atoms with Crippen molar-refractivity contribution in [1.29, 1.82) is 0 Å². The molecule has 1 aliphatic carbocycles. The van der Waals surface area contributed by atoms with Crippen LogP contribution in [0.1, 0.15) is 36.4 Å². The first kappa shape index (κ1) is 21.0. The number of aliphatic hydroxyl groups excluding tert-OH is 1. The van der Waals surface area contributed by atoms with Crippen LogP contribution in [0.4, 0.5) is 4.39 Å². The number of hydrogen-bond donors (Lipinski definition) is 2. The van der Waals surface area contributed by atoms with Crippen LogP contribution in [0, 0.1) is 11.7 Å². The number of aliphatic hydroxyl groups is 1. The molecule has 5 atom stereocenters. The van der Waals surface area contributed by atoms with Crippen molar-refractivity contribution in [2.24, 2.45) is 5.92 Å². The minimum atomic E-state index is -0.497. The van der Waals surface area contributed by atoms with E-state index in [0.29, 0.717) is 25.1 Å². The van der Waals surface area contributed by atoms with E-state index in [4.69, 9.17) is 4.74 Å². The number of nitrogens with zero attached hydrogens (tertiary/aromatic N) is 1. The zero-order valence-corrected chi connectivity index (χ0v) is 17.5. The second-order valence-electron chi connectivity index (χ2n) is 8.38. The Morgan fingerprint density at radius 2 is 2.00 bits per heavy atom. The van der Waals surface area contributed by atoms with Crippen molar-refractivity contribution in [3.05, 3.63) is 83.8 Å². The van der Waals surface area contributed by atoms with Crippen LogP contribution in [0.5, 0.6) is 0 Å². The third kappa shape index (κ3) is 4.75. The van der Waals surface area contributed by atoms with Crippen LogP contribution in [-0.4, -0.2) is 41.8 Å². The van der Waals surface area contributed by atoms with Gasteiger partial charge in [-0.1, -0.05) is 48.5 Å². The van der Waals surface area contributed by atoms with Crippen molar-refractivity contribution in [1.82, 2.24) is 10.2 Å². The summed E-state index contributed by atoms with van der Waals surface area (Å²) in [5, 5.41) is 14.0. The Bertz CT molecular complexity index is 844. The van der Waals surface area contributed by atoms with Crippen molar-refractivity contribution < 1.29 is 14.2 Å². The highest BCUT2D eigenvalue weighted by molar-refractivity contribution is 5.24. The molecule has 4 nitrogen and oxygen atoms in total. The van der Waals surface area contributed by atoms with Gasteiger partial charge in [-0.05, 0) is 55.8 Å². The lowest BCUT2D eigenvalue weighted by Crippen LogP contribution is -2.45. The van der Waals surface area contributed by atoms with Gasteiger partial charge in [-0.25, -0.2) is 4.39 Å². The Kier molecular flexibility index (Phi) is 6.82. The van der Waals surface area contributed by atoms with Crippen molar-refractivity contribution in [2.75, 3.05) is 13.6 Å². The van der Waals surface area contributed by atoms with Crippen LogP contribution in [-0.2, 0) is 11.3 Å². The minimum absolute atomic E-state index is 0.0744. The second kappa shape index (κ2) is 9.73. The van der Waals surface area contributed by atoms with E-state index in [9.17, 15) is 9.50 Å². The maximum absolute atomic E-state index is 13.4. The van der Waals surface area contributed by atoms with Gasteiger partial charge in [0.05, 0.1) is 24.9 Å². The van der Waals surface area contributed by atoms with Gasteiger partial charge in [-0.15, -0.1) is 0 Å². The number of benzene rings is 2. The topological polar surface area (TPSA) is 44.7 Å². The molecule has 0 spiro atoms. The van der Waals surface area contributed by atoms with E-state index in [1.54, 1.807) is 6.07 Å². The normalized spacial score (nSPS) is 25.2. The molecular weight excluding hydrogens is 379 g/mol. The molecule has 0 bridgehead atoms. The van der Waals surface area contributed by atoms with E-state index in [-0.39, 0.29) is 18.0 Å². The summed E-state index contributed by atoms with van der Waals surface area (Å²) < 4.78 is 19.5. The van der Waals surface area contributed by atoms with E-state index in [1.165, 1.54) is 12.1 Å². The van der Waals surface area contributed by atoms with Gasteiger partial charge in [0, 0.05) is 18.5 Å². The smallest absolute Gasteiger partial charge is 0.123 e. The van der Waals surface area contributed by atoms with E-state index >= 15 is 0 Å². The number of hydrogen-bond acceptors (Lipinski definition) is 4. The average molecular weight is 411 g/mol. The molecule has 2 aromatic rings. The lowest BCUT2D eigenvalue weighted by Gasteiger charge is -2.42. The van der Waals surface area contributed by atoms with Gasteiger partial charge in [-0.2, -0.15) is 0 Å². The highest BCUT2D eigenvalue weighted by Crippen LogP contribution is 2.41. The molecule has 1 aliphatic heterocycles. The largest absolute Gasteiger partial charge is 0.389 e. The van der Waals surface area contributed by atoms with Crippen molar-refractivity contribution >= 4 is 0 Å². The fraction of sp³-hybridized carbons (Fsp3) is 0.440. The summed E-state index contributed by atoms with van der Waals surface area (Å²) in [5.41, 5.74) is 2.01. The fourth-order valence-corrected chi connectivity index (χ4v) is 4.90. The summed E-state index contributed by atoms with van der Waals surface area (Å²) in [5.74, 6) is 0.186. The number of nitrogens with one attached hydrogen (secondary N) is 1. The summed E-state index contributed by atoms with van der Waals surface area (Å²) in [6.45, 7) is 0.988. The van der Waals surface area contributed by atoms with Gasteiger partial charge < -0.3 is 20.1 Å². The number of likely N-dealkylation sites (N-methyl/N-ethyl adjacent to an activating group) is 1. The molecular formula is C25H31FN2O2. The minimum Gasteiger partial charge on any atom is -0.389 e. The molecule has 1 saturated carbocycles. The van der Waals surface area contributed by atoms with Crippen LogP contribution in [0.3, 0.4) is 0 Å². The van der Waals surface area contributed by atoms with Crippen LogP contribution < -0.4 is 5.32 Å². The lowest BCUT2D eigenvalue weighted by atomic mass is 9.83. The molecule has 4 rings (SSSR count). The number of halogens is 1. The van der Waals surface area contributed by atoms with Crippen molar-refractivity contribution in [2.45, 2.75) is 50.2 Å². The molecule has 160 valence electrons. The van der Waals surface area contributed by atoms with E-state index in [1.807, 2.05) is 31.3 Å². The molecule has 0 amide bonds. The summed E-state index contributed by atoms with van der Waals surface area (Å²) in [6.07, 6.45) is 7.06. The molecule has 0 radical (unpaired) electrons. The van der Waals surface area contributed by atoms with Gasteiger partial charge in [0.2, 0.25) is 0 Å². The fourth-order valence-electron chi connectivity index (χ4n) is 4.90. The molecule has 30 heavy (non-hydrogen) atoms. The Balaban J connectivity index is 1.41. The third-order valence-electron chi connectivity index (χ3n) is 6.32. The molecule has 1 heterocycles. The van der Waals surface area contributed by atoms with Crippen molar-refractivity contribution in [3.8, 4) is 0 Å². The first-order chi connectivity index (χ1) is 14.7. The zero-order chi connectivity index (χ0) is 20.9. The highest BCUT2D eigenvalue weighted by atomic mass is 19.1. The van der Waals surface area contributed by atoms with E-state index in [0.717, 1.165) is 30.4 Å². The molecule has 5 heteroatoms. The van der Waals surface area contributed by atoms with Gasteiger partial charge >= 0.3 is 0 Å². The van der Waals surface area contributed by atoms with Crippen LogP contribution in [0.15, 0.2) is 66.9 Å². The SMILES string of the molecule is CNC[C@@H](O)[C@H](c1ccccc1)N1C=CC2CC(OCc3cccc(F)c3)CCC21. The molecule has 0 aromatic heterocycles. The Morgan fingerprint density at radius 3 is 2.77 bits per heavy atom. The van der Waals surface area contributed by atoms with E-state index < -0.39 is 6.10 Å². The van der Waals surface area contributed by atoms with E-state index in [2.05, 4.69) is 34.6 Å². The van der Waals surface area contributed by atoms with Gasteiger partial charge in [0.15, 0.2) is 0 Å². The lowest BCUT2D eigenvalue weighted by molar-refractivity contribution is -0.0203. The molecule has 2 aliphatic rings. The third-order valence-corrected chi connectivity index (χ3v) is 6.32. The highest BCUT2D eigenvalue weighted by Gasteiger charge is 2.40. The molecule has 2 aromatic carbocycles. The maximum Gasteiger partial charge on any atom is 0.123 e. The predicted octanol–water partition coefficient (Wildman–Crippen LogP) is 4.03. The standard InChI is InChI=1S/C25H31FN2O2/c1-27-16-24(29)25(19-7-3-2-4-8-19)28-13-12-20-15-22(10-11-23(20)28)30-17-18-6-5-9-21(26)14-18/h2-9,12-14,20,22-25,27,29H,10-11,15-17H2,1H3/t20?,22?,23?,24-,25+/m1/s1. The van der Waals surface area contributed by atoms with Gasteiger partial charge in [-0.3, -0.25) is 0 Å². The Hall–Kier alpha value is -2.21. The Labute approximate surface area is 178 Å². The number of fused-ring (bicyclic) bond motifs is 1. The summed E-state index contributed by atoms with van der Waals surface area (Å²) in [6, 6.07) is 17.2. The molecule has 0 saturated heterocycles. The van der Waals surface area contributed by atoms with Crippen LogP contribution in [0.2, 0.25) is 0 Å². The van der Waals surface area contributed by atoms with Gasteiger partial charge in [0.1, 0.15) is 5.82 Å². The number of ether oxygens (including phenoxy) is 1. The summed E-state index contributed by atoms with van der Waals surface area (Å²) in [7, 11) is 1.87. The van der Waals surface area contributed by atoms with Gasteiger partial charge in [0.25, 0.3) is 0 Å². The predicted molar refractivity (Wildman–Crippen MR) is 116 cm³/mol. The zero-order valence-electron chi connectivity index (χ0n) is 17.5. The second-order valence-corrected chi connectivity index (χ2v) is 8.38. The summed E-state index contributed by atoms with van der Waals surface area (Å²) >= 11 is 0. The first-order valence-electron chi connectivity index (χ1n) is 10.8. The number of rotatable bonds is 8. The molecule has 3 unspecified atom stereocenters. The Morgan fingerprint density at radius 1 is 1.17 bits per heavy atom. The quantitative estimate of drug-likeness (QED) is 0.690. The average Bonchev–Trinajstić information content (AvgIpc) is 3.16. The van der Waals surface area contributed by atoms with Crippen molar-refractivity contribution in [3.63, 3.8) is 0 Å². The maximum atomic E-state index is 13.4. The molecule has 1 fully saturated rings.